The number of fused-ring (bicyclic) bond motifs is 1. The van der Waals surface area contributed by atoms with Crippen molar-refractivity contribution in [1.82, 2.24) is 15.1 Å². The molecule has 2 heterocycles. The van der Waals surface area contributed by atoms with E-state index in [-0.39, 0.29) is 58.5 Å². The van der Waals surface area contributed by atoms with Crippen LogP contribution in [0, 0.1) is 44.8 Å². The molecule has 282 valence electrons. The topological polar surface area (TPSA) is 124 Å². The Bertz CT molecular complexity index is 1330. The highest BCUT2D eigenvalue weighted by Gasteiger charge is 2.85. The first-order valence-corrected chi connectivity index (χ1v) is 19.8. The summed E-state index contributed by atoms with van der Waals surface area (Å²) in [5, 5.41) is 13.3. The molecule has 0 aromatic rings. The summed E-state index contributed by atoms with van der Waals surface area (Å²) in [5.74, 6) is -2.64. The second-order valence-electron chi connectivity index (χ2n) is 19.6. The van der Waals surface area contributed by atoms with Crippen LogP contribution in [0.4, 0.5) is 0 Å². The lowest BCUT2D eigenvalue weighted by atomic mass is 9.73. The molecule has 9 nitrogen and oxygen atoms in total. The van der Waals surface area contributed by atoms with Gasteiger partial charge in [-0.05, 0) is 79.2 Å². The van der Waals surface area contributed by atoms with Gasteiger partial charge in [0.2, 0.25) is 11.8 Å². The Morgan fingerprint density at radius 2 is 1.50 bits per heavy atom. The normalized spacial score (nSPS) is 29.5. The number of carboxylic acid groups (broad SMARTS) is 1. The van der Waals surface area contributed by atoms with Crippen LogP contribution in [0.15, 0.2) is 0 Å². The minimum absolute atomic E-state index is 0.0237. The SMILES string of the molecule is CCN1CCCC[C@@H]1C(=O)N[C@H](C(=O)C[C@@H](C(=O)N1CC2(C[C@H]1C(=O)C[C@H](CC1CCC1)C(=O)O)C(C)(C)C21CCC1)C(C)(C)C)C(C)(C)C. The molecule has 2 spiro atoms. The Morgan fingerprint density at radius 1 is 0.840 bits per heavy atom. The maximum Gasteiger partial charge on any atom is 0.306 e. The molecule has 2 N–H and O–H groups in total. The molecule has 1 unspecified atom stereocenters. The van der Waals surface area contributed by atoms with Gasteiger partial charge in [0.1, 0.15) is 0 Å². The molecule has 5 fully saturated rings. The number of nitrogens with zero attached hydrogens (tertiary/aromatic N) is 2. The van der Waals surface area contributed by atoms with E-state index in [2.05, 4.69) is 31.0 Å². The van der Waals surface area contributed by atoms with Crippen LogP contribution in [0.2, 0.25) is 0 Å². The highest BCUT2D eigenvalue weighted by atomic mass is 16.4. The maximum absolute atomic E-state index is 15.0. The lowest BCUT2D eigenvalue weighted by molar-refractivity contribution is -0.148. The minimum Gasteiger partial charge on any atom is -0.481 e. The van der Waals surface area contributed by atoms with E-state index in [0.717, 1.165) is 70.9 Å². The zero-order chi connectivity index (χ0) is 37.0. The molecular weight excluding hydrogens is 630 g/mol. The molecule has 0 bridgehead atoms. The average Bonchev–Trinajstić information content (AvgIpc) is 3.21. The van der Waals surface area contributed by atoms with Gasteiger partial charge in [0, 0.05) is 30.7 Å². The molecule has 2 saturated heterocycles. The number of hydrogen-bond acceptors (Lipinski definition) is 6. The summed E-state index contributed by atoms with van der Waals surface area (Å²) in [7, 11) is 0. The van der Waals surface area contributed by atoms with Crippen molar-refractivity contribution in [3.05, 3.63) is 0 Å². The van der Waals surface area contributed by atoms with Crippen LogP contribution in [-0.4, -0.2) is 82.0 Å². The van der Waals surface area contributed by atoms with Crippen LogP contribution in [-0.2, 0) is 24.0 Å². The van der Waals surface area contributed by atoms with Crippen molar-refractivity contribution in [2.75, 3.05) is 19.6 Å². The Balaban J connectivity index is 1.40. The van der Waals surface area contributed by atoms with Gasteiger partial charge in [-0.1, -0.05) is 94.4 Å². The van der Waals surface area contributed by atoms with E-state index in [4.69, 9.17) is 0 Å². The molecule has 3 aliphatic carbocycles. The Labute approximate surface area is 301 Å². The monoisotopic (exact) mass is 698 g/mol. The number of carbonyl (C=O) groups excluding carboxylic acids is 4. The number of aliphatic carboxylic acids is 1. The number of ketones is 2. The quantitative estimate of drug-likeness (QED) is 0.221. The molecule has 0 radical (unpaired) electrons. The average molecular weight is 698 g/mol. The van der Waals surface area contributed by atoms with E-state index in [1.807, 2.05) is 41.5 Å². The third-order valence-electron chi connectivity index (χ3n) is 14.7. The van der Waals surface area contributed by atoms with Crippen LogP contribution >= 0.6 is 0 Å². The van der Waals surface area contributed by atoms with E-state index in [1.165, 1.54) is 0 Å². The van der Waals surface area contributed by atoms with Crippen molar-refractivity contribution in [2.24, 2.45) is 44.8 Å². The number of likely N-dealkylation sites (tertiary alicyclic amines) is 2. The zero-order valence-electron chi connectivity index (χ0n) is 32.7. The van der Waals surface area contributed by atoms with Gasteiger partial charge in [-0.15, -0.1) is 0 Å². The smallest absolute Gasteiger partial charge is 0.306 e. The summed E-state index contributed by atoms with van der Waals surface area (Å²) in [6.45, 7) is 20.5. The molecule has 5 aliphatic rings. The lowest BCUT2D eigenvalue weighted by Gasteiger charge is -2.39. The Morgan fingerprint density at radius 3 is 1.98 bits per heavy atom. The highest BCUT2D eigenvalue weighted by Crippen LogP contribution is 2.88. The molecular formula is C41H67N3O6. The molecule has 9 heteroatoms. The summed E-state index contributed by atoms with van der Waals surface area (Å²) in [5.41, 5.74) is -1.26. The molecule has 5 rings (SSSR count). The largest absolute Gasteiger partial charge is 0.481 e. The molecule has 3 saturated carbocycles. The fourth-order valence-electron chi connectivity index (χ4n) is 10.9. The van der Waals surface area contributed by atoms with Gasteiger partial charge in [0.25, 0.3) is 0 Å². The number of hydrogen-bond donors (Lipinski definition) is 2. The van der Waals surface area contributed by atoms with Crippen molar-refractivity contribution in [3.63, 3.8) is 0 Å². The molecule has 2 amide bonds. The maximum atomic E-state index is 15.0. The Kier molecular flexibility index (Phi) is 10.8. The first-order chi connectivity index (χ1) is 23.2. The minimum atomic E-state index is -0.929. The van der Waals surface area contributed by atoms with Crippen molar-refractivity contribution >= 4 is 29.4 Å². The predicted octanol–water partition coefficient (Wildman–Crippen LogP) is 6.66. The van der Waals surface area contributed by atoms with Crippen molar-refractivity contribution < 1.29 is 29.1 Å². The number of carbonyl (C=O) groups is 5. The molecule has 2 aliphatic heterocycles. The van der Waals surface area contributed by atoms with Gasteiger partial charge >= 0.3 is 5.97 Å². The number of amides is 2. The molecule has 0 aromatic carbocycles. The van der Waals surface area contributed by atoms with E-state index in [0.29, 0.717) is 25.3 Å². The van der Waals surface area contributed by atoms with Crippen LogP contribution < -0.4 is 5.32 Å². The standard InChI is InChI=1S/C41H67N3O6/c1-10-43-20-12-11-17-29(43)34(47)42-33(38(5,6)7)32(46)23-28(37(2,3)4)35(48)44-25-41(39(8,9)40(41)18-14-19-40)24-30(44)31(45)22-27(36(49)50)21-26-15-13-16-26/h26-30,33H,10-25H2,1-9H3,(H,42,47)(H,49,50)/t27-,28-,29+,30-,33+,41?/m0/s1. The Hall–Kier alpha value is -2.29. The fraction of sp³-hybridized carbons (Fsp3) is 0.878. The van der Waals surface area contributed by atoms with Crippen LogP contribution in [0.1, 0.15) is 146 Å². The van der Waals surface area contributed by atoms with Gasteiger partial charge < -0.3 is 15.3 Å². The van der Waals surface area contributed by atoms with Gasteiger partial charge in [0.05, 0.1) is 24.0 Å². The summed E-state index contributed by atoms with van der Waals surface area (Å²) < 4.78 is 0. The van der Waals surface area contributed by atoms with Crippen molar-refractivity contribution in [3.8, 4) is 0 Å². The molecule has 0 aromatic heterocycles. The highest BCUT2D eigenvalue weighted by molar-refractivity contribution is 5.96. The van der Waals surface area contributed by atoms with Crippen molar-refractivity contribution in [2.45, 2.75) is 164 Å². The summed E-state index contributed by atoms with van der Waals surface area (Å²) in [4.78, 5) is 73.6. The second-order valence-corrected chi connectivity index (χ2v) is 19.6. The third-order valence-corrected chi connectivity index (χ3v) is 14.7. The van der Waals surface area contributed by atoms with E-state index in [9.17, 15) is 29.1 Å². The molecule has 50 heavy (non-hydrogen) atoms. The van der Waals surface area contributed by atoms with Crippen molar-refractivity contribution in [1.29, 1.82) is 0 Å². The van der Waals surface area contributed by atoms with Gasteiger partial charge in [-0.3, -0.25) is 28.9 Å². The van der Waals surface area contributed by atoms with Gasteiger partial charge in [0.15, 0.2) is 11.6 Å². The van der Waals surface area contributed by atoms with Gasteiger partial charge in [-0.25, -0.2) is 0 Å². The number of likely N-dealkylation sites (N-methyl/N-ethyl adjacent to an activating group) is 1. The first-order valence-electron chi connectivity index (χ1n) is 19.8. The van der Waals surface area contributed by atoms with E-state index in [1.54, 1.807) is 4.90 Å². The van der Waals surface area contributed by atoms with Gasteiger partial charge in [-0.2, -0.15) is 0 Å². The fourth-order valence-corrected chi connectivity index (χ4v) is 10.9. The summed E-state index contributed by atoms with van der Waals surface area (Å²) in [6, 6.07) is -1.72. The summed E-state index contributed by atoms with van der Waals surface area (Å²) in [6.07, 6.45) is 10.3. The predicted molar refractivity (Wildman–Crippen MR) is 194 cm³/mol. The summed E-state index contributed by atoms with van der Waals surface area (Å²) >= 11 is 0. The van der Waals surface area contributed by atoms with E-state index >= 15 is 0 Å². The third kappa shape index (κ3) is 6.82. The number of carboxylic acids is 1. The second kappa shape index (κ2) is 13.9. The van der Waals surface area contributed by atoms with Crippen LogP contribution in [0.25, 0.3) is 0 Å². The van der Waals surface area contributed by atoms with Crippen LogP contribution in [0.3, 0.4) is 0 Å². The first kappa shape index (κ1) is 38.9. The zero-order valence-corrected chi connectivity index (χ0v) is 32.7. The number of rotatable bonds is 13. The van der Waals surface area contributed by atoms with Crippen LogP contribution in [0.5, 0.6) is 0 Å². The lowest BCUT2D eigenvalue weighted by Crippen LogP contribution is -2.57. The number of Topliss-reactive ketones (excluding diaryl/α,β-unsaturated/α-hetero) is 2. The number of piperidine rings is 1. The van der Waals surface area contributed by atoms with E-state index < -0.39 is 40.7 Å². The number of nitrogens with one attached hydrogen (secondary N) is 1. The molecule has 6 atom stereocenters.